The second-order valence-electron chi connectivity index (χ2n) is 4.38. The maximum atomic E-state index is 11.8. The van der Waals surface area contributed by atoms with Gasteiger partial charge in [-0.2, -0.15) is 0 Å². The van der Waals surface area contributed by atoms with Crippen molar-refractivity contribution in [2.24, 2.45) is 5.92 Å². The quantitative estimate of drug-likeness (QED) is 0.528. The molecule has 0 saturated heterocycles. The Labute approximate surface area is 107 Å². The van der Waals surface area contributed by atoms with Gasteiger partial charge in [-0.05, 0) is 25.2 Å². The number of hydrogen-bond donors (Lipinski definition) is 0. The standard InChI is InChI=1S/C10H20BrNO3S/c1-12(8-9-6-10(11)7-9)16(13,14)5-3-4-15-2/h9-10H,3-8H2,1-2H3. The Morgan fingerprint density at radius 1 is 1.44 bits per heavy atom. The van der Waals surface area contributed by atoms with Crippen molar-refractivity contribution in [3.05, 3.63) is 0 Å². The van der Waals surface area contributed by atoms with E-state index in [1.54, 1.807) is 14.2 Å². The van der Waals surface area contributed by atoms with E-state index in [2.05, 4.69) is 15.9 Å². The van der Waals surface area contributed by atoms with Gasteiger partial charge >= 0.3 is 0 Å². The van der Waals surface area contributed by atoms with E-state index >= 15 is 0 Å². The summed E-state index contributed by atoms with van der Waals surface area (Å²) in [6.07, 6.45) is 2.73. The van der Waals surface area contributed by atoms with Gasteiger partial charge < -0.3 is 4.74 Å². The van der Waals surface area contributed by atoms with Gasteiger partial charge in [0, 0.05) is 32.1 Å². The van der Waals surface area contributed by atoms with Crippen LogP contribution in [0.3, 0.4) is 0 Å². The molecule has 16 heavy (non-hydrogen) atoms. The molecule has 0 heterocycles. The topological polar surface area (TPSA) is 46.6 Å². The summed E-state index contributed by atoms with van der Waals surface area (Å²) in [7, 11) is 0.171. The van der Waals surface area contributed by atoms with E-state index in [0.717, 1.165) is 12.8 Å². The number of rotatable bonds is 7. The van der Waals surface area contributed by atoms with Crippen LogP contribution in [0.1, 0.15) is 19.3 Å². The molecular formula is C10H20BrNO3S. The molecule has 0 aromatic heterocycles. The molecule has 0 aromatic rings. The fourth-order valence-electron chi connectivity index (χ4n) is 1.82. The summed E-state index contributed by atoms with van der Waals surface area (Å²) in [5, 5.41) is 0. The van der Waals surface area contributed by atoms with Crippen molar-refractivity contribution in [1.29, 1.82) is 0 Å². The minimum atomic E-state index is -3.08. The first-order valence-electron chi connectivity index (χ1n) is 5.52. The second-order valence-corrected chi connectivity index (χ2v) is 7.87. The van der Waals surface area contributed by atoms with Crippen LogP contribution < -0.4 is 0 Å². The minimum absolute atomic E-state index is 0.182. The van der Waals surface area contributed by atoms with Crippen molar-refractivity contribution in [2.45, 2.75) is 24.1 Å². The molecule has 0 radical (unpaired) electrons. The van der Waals surface area contributed by atoms with Crippen molar-refractivity contribution in [1.82, 2.24) is 4.31 Å². The monoisotopic (exact) mass is 313 g/mol. The summed E-state index contributed by atoms with van der Waals surface area (Å²) in [6, 6.07) is 0. The van der Waals surface area contributed by atoms with Gasteiger partial charge in [0.25, 0.3) is 0 Å². The Hall–Kier alpha value is 0.350. The van der Waals surface area contributed by atoms with Gasteiger partial charge in [0.15, 0.2) is 0 Å². The molecule has 0 unspecified atom stereocenters. The number of nitrogens with zero attached hydrogens (tertiary/aromatic N) is 1. The summed E-state index contributed by atoms with van der Waals surface area (Å²) in [5.74, 6) is 0.702. The average Bonchev–Trinajstić information content (AvgIpc) is 2.15. The fraction of sp³-hybridized carbons (Fsp3) is 1.00. The van der Waals surface area contributed by atoms with Crippen LogP contribution in [0.4, 0.5) is 0 Å². The lowest BCUT2D eigenvalue weighted by molar-refractivity contribution is 0.199. The first-order valence-corrected chi connectivity index (χ1v) is 8.05. The van der Waals surface area contributed by atoms with Gasteiger partial charge in [0.2, 0.25) is 10.0 Å². The van der Waals surface area contributed by atoms with E-state index in [1.165, 1.54) is 4.31 Å². The van der Waals surface area contributed by atoms with Crippen LogP contribution in [0.2, 0.25) is 0 Å². The molecule has 4 nitrogen and oxygen atoms in total. The summed E-state index contributed by atoms with van der Waals surface area (Å²) < 4.78 is 30.0. The third-order valence-electron chi connectivity index (χ3n) is 2.92. The van der Waals surface area contributed by atoms with Gasteiger partial charge in [-0.15, -0.1) is 0 Å². The first kappa shape index (κ1) is 14.4. The number of halogens is 1. The molecule has 1 aliphatic carbocycles. The summed E-state index contributed by atoms with van der Waals surface area (Å²) >= 11 is 3.51. The van der Waals surface area contributed by atoms with Crippen LogP contribution in [0.5, 0.6) is 0 Å². The molecule has 0 bridgehead atoms. The molecule has 0 N–H and O–H groups in total. The predicted octanol–water partition coefficient (Wildman–Crippen LogP) is 1.46. The lowest BCUT2D eigenvalue weighted by Gasteiger charge is -2.34. The lowest BCUT2D eigenvalue weighted by Crippen LogP contribution is -2.38. The third-order valence-corrected chi connectivity index (χ3v) is 5.57. The highest BCUT2D eigenvalue weighted by Gasteiger charge is 2.30. The van der Waals surface area contributed by atoms with Crippen LogP contribution >= 0.6 is 15.9 Å². The van der Waals surface area contributed by atoms with E-state index in [0.29, 0.717) is 30.3 Å². The summed E-state index contributed by atoms with van der Waals surface area (Å²) in [5.41, 5.74) is 0. The van der Waals surface area contributed by atoms with Gasteiger partial charge in [0.05, 0.1) is 5.75 Å². The van der Waals surface area contributed by atoms with E-state index in [1.807, 2.05) is 0 Å². The lowest BCUT2D eigenvalue weighted by atomic mass is 9.85. The van der Waals surface area contributed by atoms with Crippen LogP contribution in [-0.4, -0.2) is 50.6 Å². The third kappa shape index (κ3) is 4.31. The molecule has 0 amide bonds. The van der Waals surface area contributed by atoms with Crippen LogP contribution in [0, 0.1) is 5.92 Å². The Morgan fingerprint density at radius 3 is 2.56 bits per heavy atom. The van der Waals surface area contributed by atoms with Crippen molar-refractivity contribution < 1.29 is 13.2 Å². The maximum absolute atomic E-state index is 11.8. The van der Waals surface area contributed by atoms with E-state index in [-0.39, 0.29) is 5.75 Å². The highest BCUT2D eigenvalue weighted by Crippen LogP contribution is 2.33. The normalized spacial score (nSPS) is 25.8. The minimum Gasteiger partial charge on any atom is -0.385 e. The Bertz CT molecular complexity index is 301. The number of methoxy groups -OCH3 is 1. The molecule has 96 valence electrons. The van der Waals surface area contributed by atoms with Crippen molar-refractivity contribution in [3.8, 4) is 0 Å². The molecule has 1 aliphatic rings. The van der Waals surface area contributed by atoms with E-state index in [4.69, 9.17) is 4.74 Å². The number of ether oxygens (including phenoxy) is 1. The van der Waals surface area contributed by atoms with Crippen LogP contribution in [0.25, 0.3) is 0 Å². The summed E-state index contributed by atoms with van der Waals surface area (Å²) in [6.45, 7) is 1.15. The molecule has 1 rings (SSSR count). The van der Waals surface area contributed by atoms with Crippen LogP contribution in [-0.2, 0) is 14.8 Å². The molecule has 0 aliphatic heterocycles. The van der Waals surface area contributed by atoms with Gasteiger partial charge in [-0.1, -0.05) is 15.9 Å². The number of hydrogen-bond acceptors (Lipinski definition) is 3. The Morgan fingerprint density at radius 2 is 2.06 bits per heavy atom. The summed E-state index contributed by atoms with van der Waals surface area (Å²) in [4.78, 5) is 0.585. The second kappa shape index (κ2) is 6.33. The zero-order valence-electron chi connectivity index (χ0n) is 9.86. The molecule has 0 aromatic carbocycles. The zero-order valence-corrected chi connectivity index (χ0v) is 12.3. The smallest absolute Gasteiger partial charge is 0.213 e. The largest absolute Gasteiger partial charge is 0.385 e. The Kier molecular flexibility index (Phi) is 5.70. The van der Waals surface area contributed by atoms with Crippen molar-refractivity contribution >= 4 is 26.0 Å². The van der Waals surface area contributed by atoms with E-state index < -0.39 is 10.0 Å². The fourth-order valence-corrected chi connectivity index (χ4v) is 4.11. The Balaban J connectivity index is 2.30. The molecule has 0 spiro atoms. The first-order chi connectivity index (χ1) is 7.45. The van der Waals surface area contributed by atoms with Crippen molar-refractivity contribution in [3.63, 3.8) is 0 Å². The van der Waals surface area contributed by atoms with Gasteiger partial charge in [0.1, 0.15) is 0 Å². The maximum Gasteiger partial charge on any atom is 0.213 e. The molecule has 1 saturated carbocycles. The number of sulfonamides is 1. The predicted molar refractivity (Wildman–Crippen MR) is 68.3 cm³/mol. The molecular weight excluding hydrogens is 294 g/mol. The van der Waals surface area contributed by atoms with Crippen molar-refractivity contribution in [2.75, 3.05) is 33.1 Å². The zero-order chi connectivity index (χ0) is 12.2. The highest BCUT2D eigenvalue weighted by molar-refractivity contribution is 9.09. The van der Waals surface area contributed by atoms with Gasteiger partial charge in [-0.3, -0.25) is 0 Å². The molecule has 1 fully saturated rings. The van der Waals surface area contributed by atoms with Gasteiger partial charge in [-0.25, -0.2) is 12.7 Å². The number of alkyl halides is 1. The molecule has 0 atom stereocenters. The van der Waals surface area contributed by atoms with Crippen LogP contribution in [0.15, 0.2) is 0 Å². The van der Waals surface area contributed by atoms with E-state index in [9.17, 15) is 8.42 Å². The average molecular weight is 314 g/mol. The SMILES string of the molecule is COCCCS(=O)(=O)N(C)CC1CC(Br)C1. The highest BCUT2D eigenvalue weighted by atomic mass is 79.9. The molecule has 6 heteroatoms.